The molecule has 0 aromatic rings. The van der Waals surface area contributed by atoms with Crippen molar-refractivity contribution >= 4 is 14.8 Å². The van der Waals surface area contributed by atoms with Gasteiger partial charge >= 0.3 is 9.05 Å². The molecule has 0 N–H and O–H groups in total. The molecule has 9 heteroatoms. The van der Waals surface area contributed by atoms with Crippen molar-refractivity contribution in [3.8, 4) is 0 Å². The van der Waals surface area contributed by atoms with Crippen molar-refractivity contribution in [3.05, 3.63) is 12.2 Å². The molecule has 0 saturated carbocycles. The van der Waals surface area contributed by atoms with Crippen LogP contribution in [0.4, 0.5) is 0 Å². The fourth-order valence-electron chi connectivity index (χ4n) is 1.20. The maximum atomic E-state index is 11.8. The highest BCUT2D eigenvalue weighted by Gasteiger charge is 2.54. The second kappa shape index (κ2) is 10.2. The SMILES string of the molecule is CC=CC(=O)C(CC)O[Si](OOC)(OOC)OOC. The fourth-order valence-corrected chi connectivity index (χ4v) is 2.64. The van der Waals surface area contributed by atoms with Crippen LogP contribution in [0.3, 0.4) is 0 Å². The minimum atomic E-state index is -3.89. The van der Waals surface area contributed by atoms with E-state index in [4.69, 9.17) is 18.2 Å². The molecular weight excluding hydrogens is 276 g/mol. The van der Waals surface area contributed by atoms with Crippen LogP contribution in [0.5, 0.6) is 0 Å². The molecular formula is C10H20O8Si. The zero-order valence-electron chi connectivity index (χ0n) is 11.7. The van der Waals surface area contributed by atoms with Gasteiger partial charge in [0.15, 0.2) is 5.78 Å². The van der Waals surface area contributed by atoms with E-state index in [1.54, 1.807) is 19.9 Å². The Morgan fingerprint density at radius 3 is 1.89 bits per heavy atom. The summed E-state index contributed by atoms with van der Waals surface area (Å²) in [4.78, 5) is 25.3. The number of carbonyl (C=O) groups is 1. The zero-order valence-corrected chi connectivity index (χ0v) is 12.7. The maximum Gasteiger partial charge on any atom is 0.765 e. The Morgan fingerprint density at radius 2 is 1.58 bits per heavy atom. The predicted octanol–water partition coefficient (Wildman–Crippen LogP) is 1.10. The highest BCUT2D eigenvalue weighted by molar-refractivity contribution is 6.53. The Morgan fingerprint density at radius 1 is 1.11 bits per heavy atom. The number of rotatable bonds is 11. The smallest absolute Gasteiger partial charge is 0.337 e. The molecule has 1 unspecified atom stereocenters. The molecule has 0 spiro atoms. The van der Waals surface area contributed by atoms with E-state index in [0.29, 0.717) is 6.42 Å². The first-order valence-corrected chi connectivity index (χ1v) is 7.22. The molecule has 0 saturated heterocycles. The lowest BCUT2D eigenvalue weighted by Crippen LogP contribution is -2.52. The third-order valence-corrected chi connectivity index (χ3v) is 3.55. The maximum absolute atomic E-state index is 11.8. The first-order valence-electron chi connectivity index (χ1n) is 5.58. The summed E-state index contributed by atoms with van der Waals surface area (Å²) in [7, 11) is -0.191. The molecule has 1 atom stereocenters. The lowest BCUT2D eigenvalue weighted by atomic mass is 10.2. The highest BCUT2D eigenvalue weighted by atomic mass is 28.4. The van der Waals surface area contributed by atoms with Crippen molar-refractivity contribution in [3.63, 3.8) is 0 Å². The number of hydrogen-bond donors (Lipinski definition) is 0. The number of allylic oxidation sites excluding steroid dienone is 1. The number of carbonyl (C=O) groups excluding carboxylic acids is 1. The van der Waals surface area contributed by atoms with Gasteiger partial charge in [-0.05, 0) is 19.4 Å². The minimum Gasteiger partial charge on any atom is -0.337 e. The van der Waals surface area contributed by atoms with E-state index < -0.39 is 15.2 Å². The van der Waals surface area contributed by atoms with E-state index in [2.05, 4.69) is 14.7 Å². The summed E-state index contributed by atoms with van der Waals surface area (Å²) >= 11 is 0. The summed E-state index contributed by atoms with van der Waals surface area (Å²) < 4.78 is 19.9. The van der Waals surface area contributed by atoms with Gasteiger partial charge in [-0.3, -0.25) is 4.79 Å². The Labute approximate surface area is 113 Å². The van der Waals surface area contributed by atoms with Gasteiger partial charge in [0, 0.05) is 0 Å². The molecule has 0 aliphatic carbocycles. The average Bonchev–Trinajstić information content (AvgIpc) is 2.37. The van der Waals surface area contributed by atoms with E-state index in [0.717, 1.165) is 0 Å². The molecule has 0 amide bonds. The topological polar surface area (TPSA) is 81.7 Å². The van der Waals surface area contributed by atoms with Gasteiger partial charge in [0.25, 0.3) is 0 Å². The second-order valence-corrected chi connectivity index (χ2v) is 4.90. The van der Waals surface area contributed by atoms with E-state index in [-0.39, 0.29) is 5.78 Å². The van der Waals surface area contributed by atoms with Crippen LogP contribution >= 0.6 is 0 Å². The molecule has 0 aliphatic heterocycles. The van der Waals surface area contributed by atoms with Gasteiger partial charge in [0.1, 0.15) is 6.10 Å². The summed E-state index contributed by atoms with van der Waals surface area (Å²) in [5, 5.41) is 0. The summed E-state index contributed by atoms with van der Waals surface area (Å²) in [6.07, 6.45) is 2.52. The van der Waals surface area contributed by atoms with Gasteiger partial charge in [0.2, 0.25) is 0 Å². The van der Waals surface area contributed by atoms with Crippen LogP contribution in [0, 0.1) is 0 Å². The number of ketones is 1. The van der Waals surface area contributed by atoms with Crippen molar-refractivity contribution in [1.29, 1.82) is 0 Å². The summed E-state index contributed by atoms with van der Waals surface area (Å²) in [6.45, 7) is 3.48. The van der Waals surface area contributed by atoms with Gasteiger partial charge in [-0.1, -0.05) is 13.0 Å². The second-order valence-electron chi connectivity index (χ2n) is 3.17. The van der Waals surface area contributed by atoms with Crippen LogP contribution in [-0.2, 0) is 37.6 Å². The quantitative estimate of drug-likeness (QED) is 0.243. The lowest BCUT2D eigenvalue weighted by molar-refractivity contribution is -0.372. The van der Waals surface area contributed by atoms with Crippen LogP contribution in [0.2, 0.25) is 0 Å². The van der Waals surface area contributed by atoms with Crippen molar-refractivity contribution in [1.82, 2.24) is 0 Å². The van der Waals surface area contributed by atoms with E-state index >= 15 is 0 Å². The van der Waals surface area contributed by atoms with Gasteiger partial charge in [-0.25, -0.2) is 14.7 Å². The van der Waals surface area contributed by atoms with Crippen molar-refractivity contribution in [2.45, 2.75) is 26.4 Å². The predicted molar refractivity (Wildman–Crippen MR) is 65.0 cm³/mol. The minimum absolute atomic E-state index is 0.263. The molecule has 0 aromatic heterocycles. The molecule has 0 aromatic carbocycles. The summed E-state index contributed by atoms with van der Waals surface area (Å²) in [5.41, 5.74) is 0. The van der Waals surface area contributed by atoms with Crippen LogP contribution in [0.15, 0.2) is 12.2 Å². The third kappa shape index (κ3) is 6.36. The van der Waals surface area contributed by atoms with Gasteiger partial charge in [0.05, 0.1) is 21.3 Å². The first-order chi connectivity index (χ1) is 9.09. The summed E-state index contributed by atoms with van der Waals surface area (Å²) in [6, 6.07) is 0. The van der Waals surface area contributed by atoms with E-state index in [1.807, 2.05) is 0 Å². The van der Waals surface area contributed by atoms with Gasteiger partial charge in [-0.2, -0.15) is 13.7 Å². The normalized spacial score (nSPS) is 13.9. The molecule has 0 radical (unpaired) electrons. The largest absolute Gasteiger partial charge is 0.765 e. The van der Waals surface area contributed by atoms with E-state index in [9.17, 15) is 4.79 Å². The number of hydrogen-bond acceptors (Lipinski definition) is 8. The summed E-state index contributed by atoms with van der Waals surface area (Å²) in [5.74, 6) is -0.263. The molecule has 0 aliphatic rings. The molecule has 0 heterocycles. The Bertz CT molecular complexity index is 266. The molecule has 0 fully saturated rings. The third-order valence-electron chi connectivity index (χ3n) is 1.86. The molecule has 112 valence electrons. The fraction of sp³-hybridized carbons (Fsp3) is 0.700. The molecule has 8 nitrogen and oxygen atoms in total. The Kier molecular flexibility index (Phi) is 9.82. The van der Waals surface area contributed by atoms with E-state index in [1.165, 1.54) is 27.4 Å². The van der Waals surface area contributed by atoms with Gasteiger partial charge in [-0.15, -0.1) is 0 Å². The molecule has 19 heavy (non-hydrogen) atoms. The zero-order chi connectivity index (χ0) is 14.7. The van der Waals surface area contributed by atoms with Crippen LogP contribution in [0.25, 0.3) is 0 Å². The Hall–Kier alpha value is -0.653. The van der Waals surface area contributed by atoms with Crippen molar-refractivity contribution in [2.24, 2.45) is 0 Å². The van der Waals surface area contributed by atoms with Crippen LogP contribution in [0.1, 0.15) is 20.3 Å². The standard InChI is InChI=1S/C10H20O8Si/c1-6-8-9(11)10(7-2)15-19(16-12-3,17-13-4)18-14-5/h6,8,10H,7H2,1-5H3. The molecule has 0 bridgehead atoms. The van der Waals surface area contributed by atoms with Crippen molar-refractivity contribution < 1.29 is 37.6 Å². The average molecular weight is 296 g/mol. The van der Waals surface area contributed by atoms with Crippen molar-refractivity contribution in [2.75, 3.05) is 21.3 Å². The first kappa shape index (κ1) is 18.3. The Balaban J connectivity index is 4.96. The monoisotopic (exact) mass is 296 g/mol. The van der Waals surface area contributed by atoms with Crippen LogP contribution < -0.4 is 0 Å². The lowest BCUT2D eigenvalue weighted by Gasteiger charge is -2.25. The van der Waals surface area contributed by atoms with Crippen LogP contribution in [-0.4, -0.2) is 42.3 Å². The highest BCUT2D eigenvalue weighted by Crippen LogP contribution is 2.17. The van der Waals surface area contributed by atoms with Gasteiger partial charge < -0.3 is 4.43 Å². The molecule has 0 rings (SSSR count).